The summed E-state index contributed by atoms with van der Waals surface area (Å²) < 4.78 is 26.2. The summed E-state index contributed by atoms with van der Waals surface area (Å²) in [5, 5.41) is 2.92. The molecular formula is C12H15F2NO. The molecule has 0 amide bonds. The van der Waals surface area contributed by atoms with Gasteiger partial charge in [-0.1, -0.05) is 6.07 Å². The maximum atomic E-state index is 13.4. The Morgan fingerprint density at radius 1 is 1.44 bits per heavy atom. The van der Waals surface area contributed by atoms with Crippen molar-refractivity contribution in [3.05, 3.63) is 35.4 Å². The van der Waals surface area contributed by atoms with Gasteiger partial charge in [0.1, 0.15) is 17.4 Å². The molecule has 16 heavy (non-hydrogen) atoms. The summed E-state index contributed by atoms with van der Waals surface area (Å²) in [6, 6.07) is 3.22. The van der Waals surface area contributed by atoms with E-state index in [9.17, 15) is 13.6 Å². The summed E-state index contributed by atoms with van der Waals surface area (Å²) in [4.78, 5) is 10.9. The molecule has 1 N–H and O–H groups in total. The Morgan fingerprint density at radius 2 is 2.12 bits per heavy atom. The maximum Gasteiger partial charge on any atom is 0.130 e. The Morgan fingerprint density at radius 3 is 2.62 bits per heavy atom. The van der Waals surface area contributed by atoms with Crippen LogP contribution in [0.1, 0.15) is 31.4 Å². The van der Waals surface area contributed by atoms with Gasteiger partial charge in [0, 0.05) is 24.1 Å². The Labute approximate surface area is 93.7 Å². The number of carbonyl (C=O) groups excluding carboxylic acids is 1. The zero-order valence-electron chi connectivity index (χ0n) is 9.39. The molecule has 0 aromatic heterocycles. The first-order valence-corrected chi connectivity index (χ1v) is 5.16. The van der Waals surface area contributed by atoms with E-state index in [2.05, 4.69) is 5.32 Å². The van der Waals surface area contributed by atoms with Crippen LogP contribution < -0.4 is 5.32 Å². The standard InChI is InChI=1S/C12H15F2NO/c1-8(16)3-6-12(15-2)10-5-4-9(13)7-11(10)14/h4-5,7,12,15H,3,6H2,1-2H3. The van der Waals surface area contributed by atoms with Crippen LogP contribution >= 0.6 is 0 Å². The number of carbonyl (C=O) groups is 1. The summed E-state index contributed by atoms with van der Waals surface area (Å²) >= 11 is 0. The minimum atomic E-state index is -0.595. The second-order valence-electron chi connectivity index (χ2n) is 3.75. The highest BCUT2D eigenvalue weighted by molar-refractivity contribution is 5.75. The second-order valence-corrected chi connectivity index (χ2v) is 3.75. The molecule has 1 aromatic carbocycles. The van der Waals surface area contributed by atoms with Gasteiger partial charge in [0.2, 0.25) is 0 Å². The number of nitrogens with one attached hydrogen (secondary N) is 1. The average Bonchev–Trinajstić information content (AvgIpc) is 2.21. The van der Waals surface area contributed by atoms with E-state index in [1.165, 1.54) is 19.1 Å². The summed E-state index contributed by atoms with van der Waals surface area (Å²) in [6.45, 7) is 1.49. The highest BCUT2D eigenvalue weighted by Gasteiger charge is 2.14. The highest BCUT2D eigenvalue weighted by Crippen LogP contribution is 2.21. The first-order chi connectivity index (χ1) is 7.54. The Hall–Kier alpha value is -1.29. The van der Waals surface area contributed by atoms with Crippen molar-refractivity contribution in [3.8, 4) is 0 Å². The summed E-state index contributed by atoms with van der Waals surface area (Å²) in [6.07, 6.45) is 0.886. The van der Waals surface area contributed by atoms with Crippen molar-refractivity contribution in [2.45, 2.75) is 25.8 Å². The largest absolute Gasteiger partial charge is 0.313 e. The van der Waals surface area contributed by atoms with Crippen LogP contribution in [-0.4, -0.2) is 12.8 Å². The molecule has 0 fully saturated rings. The molecule has 88 valence electrons. The van der Waals surface area contributed by atoms with Crippen molar-refractivity contribution in [3.63, 3.8) is 0 Å². The highest BCUT2D eigenvalue weighted by atomic mass is 19.1. The van der Waals surface area contributed by atoms with E-state index < -0.39 is 11.6 Å². The Bertz CT molecular complexity index is 379. The van der Waals surface area contributed by atoms with Crippen molar-refractivity contribution >= 4 is 5.78 Å². The van der Waals surface area contributed by atoms with Crippen LogP contribution in [0, 0.1) is 11.6 Å². The summed E-state index contributed by atoms with van der Waals surface area (Å²) in [7, 11) is 1.69. The topological polar surface area (TPSA) is 29.1 Å². The lowest BCUT2D eigenvalue weighted by atomic mass is 10.0. The fourth-order valence-electron chi connectivity index (χ4n) is 1.59. The molecule has 1 aromatic rings. The molecule has 0 aliphatic heterocycles. The molecule has 0 spiro atoms. The molecular weight excluding hydrogens is 212 g/mol. The van der Waals surface area contributed by atoms with Gasteiger partial charge in [-0.2, -0.15) is 0 Å². The molecule has 1 atom stereocenters. The average molecular weight is 227 g/mol. The van der Waals surface area contributed by atoms with E-state index >= 15 is 0 Å². The van der Waals surface area contributed by atoms with Crippen LogP contribution in [0.15, 0.2) is 18.2 Å². The van der Waals surface area contributed by atoms with Gasteiger partial charge in [0.05, 0.1) is 0 Å². The lowest BCUT2D eigenvalue weighted by Gasteiger charge is -2.16. The fraction of sp³-hybridized carbons (Fsp3) is 0.417. The van der Waals surface area contributed by atoms with Crippen molar-refractivity contribution in [1.82, 2.24) is 5.32 Å². The number of halogens is 2. The molecule has 0 radical (unpaired) electrons. The number of rotatable bonds is 5. The van der Waals surface area contributed by atoms with Crippen LogP contribution in [0.25, 0.3) is 0 Å². The smallest absolute Gasteiger partial charge is 0.130 e. The van der Waals surface area contributed by atoms with E-state index in [4.69, 9.17) is 0 Å². The monoisotopic (exact) mass is 227 g/mol. The van der Waals surface area contributed by atoms with Crippen molar-refractivity contribution < 1.29 is 13.6 Å². The van der Waals surface area contributed by atoms with Gasteiger partial charge in [0.25, 0.3) is 0 Å². The Balaban J connectivity index is 2.82. The van der Waals surface area contributed by atoms with E-state index in [0.717, 1.165) is 6.07 Å². The van der Waals surface area contributed by atoms with Gasteiger partial charge >= 0.3 is 0 Å². The van der Waals surface area contributed by atoms with Crippen LogP contribution in [0.2, 0.25) is 0 Å². The van der Waals surface area contributed by atoms with Crippen LogP contribution in [0.3, 0.4) is 0 Å². The Kier molecular flexibility index (Phi) is 4.55. The third-order valence-corrected chi connectivity index (χ3v) is 2.47. The third kappa shape index (κ3) is 3.38. The second kappa shape index (κ2) is 5.70. The van der Waals surface area contributed by atoms with Crippen LogP contribution in [-0.2, 0) is 4.79 Å². The molecule has 0 saturated carbocycles. The predicted octanol–water partition coefficient (Wildman–Crippen LogP) is 2.59. The summed E-state index contributed by atoms with van der Waals surface area (Å²) in [5.74, 6) is -1.12. The molecule has 0 heterocycles. The minimum absolute atomic E-state index is 0.0581. The van der Waals surface area contributed by atoms with Gasteiger partial charge in [0.15, 0.2) is 0 Å². The van der Waals surface area contributed by atoms with Gasteiger partial charge in [-0.25, -0.2) is 8.78 Å². The normalized spacial score (nSPS) is 12.5. The predicted molar refractivity (Wildman–Crippen MR) is 58.1 cm³/mol. The first-order valence-electron chi connectivity index (χ1n) is 5.16. The van der Waals surface area contributed by atoms with Crippen molar-refractivity contribution in [1.29, 1.82) is 0 Å². The van der Waals surface area contributed by atoms with Crippen LogP contribution in [0.5, 0.6) is 0 Å². The number of benzene rings is 1. The van der Waals surface area contributed by atoms with E-state index in [-0.39, 0.29) is 11.8 Å². The van der Waals surface area contributed by atoms with Gasteiger partial charge in [-0.3, -0.25) is 0 Å². The van der Waals surface area contributed by atoms with E-state index in [1.54, 1.807) is 7.05 Å². The van der Waals surface area contributed by atoms with E-state index in [0.29, 0.717) is 18.4 Å². The van der Waals surface area contributed by atoms with Gasteiger partial charge in [-0.15, -0.1) is 0 Å². The molecule has 1 unspecified atom stereocenters. The van der Waals surface area contributed by atoms with Crippen molar-refractivity contribution in [2.24, 2.45) is 0 Å². The van der Waals surface area contributed by atoms with Crippen LogP contribution in [0.4, 0.5) is 8.78 Å². The number of ketones is 1. The number of Topliss-reactive ketones (excluding diaryl/α,β-unsaturated/α-hetero) is 1. The first kappa shape index (κ1) is 12.8. The maximum absolute atomic E-state index is 13.4. The van der Waals surface area contributed by atoms with Gasteiger partial charge < -0.3 is 10.1 Å². The molecule has 4 heteroatoms. The molecule has 0 saturated heterocycles. The molecule has 0 aliphatic rings. The lowest BCUT2D eigenvalue weighted by molar-refractivity contribution is -0.117. The fourth-order valence-corrected chi connectivity index (χ4v) is 1.59. The number of hydrogen-bond donors (Lipinski definition) is 1. The lowest BCUT2D eigenvalue weighted by Crippen LogP contribution is -2.18. The molecule has 0 aliphatic carbocycles. The molecule has 1 rings (SSSR count). The zero-order valence-corrected chi connectivity index (χ0v) is 9.39. The third-order valence-electron chi connectivity index (χ3n) is 2.47. The molecule has 2 nitrogen and oxygen atoms in total. The van der Waals surface area contributed by atoms with E-state index in [1.807, 2.05) is 0 Å². The van der Waals surface area contributed by atoms with Gasteiger partial charge in [-0.05, 0) is 26.5 Å². The minimum Gasteiger partial charge on any atom is -0.313 e. The van der Waals surface area contributed by atoms with Crippen molar-refractivity contribution in [2.75, 3.05) is 7.05 Å². The zero-order chi connectivity index (χ0) is 12.1. The SMILES string of the molecule is CNC(CCC(C)=O)c1ccc(F)cc1F. The quantitative estimate of drug-likeness (QED) is 0.837. The summed E-state index contributed by atoms with van der Waals surface area (Å²) in [5.41, 5.74) is 0.394. The molecule has 0 bridgehead atoms. The number of hydrogen-bond acceptors (Lipinski definition) is 2.